The fourth-order valence-electron chi connectivity index (χ4n) is 3.59. The monoisotopic (exact) mass is 283 g/mol. The van der Waals surface area contributed by atoms with Crippen molar-refractivity contribution in [2.75, 3.05) is 0 Å². The van der Waals surface area contributed by atoms with Crippen molar-refractivity contribution in [3.63, 3.8) is 0 Å². The molecule has 3 rings (SSSR count). The molecule has 2 aromatic rings. The van der Waals surface area contributed by atoms with Gasteiger partial charge in [-0.2, -0.15) is 5.26 Å². The fourth-order valence-corrected chi connectivity index (χ4v) is 3.59. The Hall–Kier alpha value is -1.79. The lowest BCUT2D eigenvalue weighted by molar-refractivity contribution is 0.00531. The zero-order valence-corrected chi connectivity index (χ0v) is 12.4. The molecule has 3 atom stereocenters. The molecule has 3 nitrogen and oxygen atoms in total. The van der Waals surface area contributed by atoms with E-state index in [9.17, 15) is 10.4 Å². The number of hydrogen-bond acceptors (Lipinski definition) is 3. The number of fused-ring (bicyclic) bond motifs is 1. The van der Waals surface area contributed by atoms with Gasteiger partial charge in [0.2, 0.25) is 0 Å². The molecule has 1 aliphatic rings. The molecule has 0 bridgehead atoms. The highest BCUT2D eigenvalue weighted by Gasteiger charge is 2.44. The smallest absolute Gasteiger partial charge is 0.135 e. The Morgan fingerprint density at radius 1 is 1.48 bits per heavy atom. The summed E-state index contributed by atoms with van der Waals surface area (Å²) < 4.78 is 5.78. The van der Waals surface area contributed by atoms with E-state index in [0.29, 0.717) is 11.7 Å². The molecule has 1 aliphatic carbocycles. The van der Waals surface area contributed by atoms with Gasteiger partial charge in [0.25, 0.3) is 0 Å². The number of nitrogens with zero attached hydrogens (tertiary/aromatic N) is 1. The van der Waals surface area contributed by atoms with Crippen LogP contribution in [0.3, 0.4) is 0 Å². The lowest BCUT2D eigenvalue weighted by Crippen LogP contribution is -2.33. The van der Waals surface area contributed by atoms with E-state index in [1.165, 1.54) is 0 Å². The molecule has 0 amide bonds. The first-order chi connectivity index (χ1) is 10.2. The number of rotatable bonds is 3. The number of hydrogen-bond donors (Lipinski definition) is 1. The van der Waals surface area contributed by atoms with E-state index in [-0.39, 0.29) is 0 Å². The number of furan rings is 1. The lowest BCUT2D eigenvalue weighted by Gasteiger charge is -2.38. The second-order valence-electron chi connectivity index (χ2n) is 6.23. The van der Waals surface area contributed by atoms with Crippen LogP contribution in [0.2, 0.25) is 0 Å². The van der Waals surface area contributed by atoms with Gasteiger partial charge in [0, 0.05) is 5.39 Å². The maximum Gasteiger partial charge on any atom is 0.135 e. The summed E-state index contributed by atoms with van der Waals surface area (Å²) >= 11 is 0. The van der Waals surface area contributed by atoms with Crippen LogP contribution in [0.5, 0.6) is 0 Å². The van der Waals surface area contributed by atoms with Crippen molar-refractivity contribution in [2.24, 2.45) is 11.3 Å². The summed E-state index contributed by atoms with van der Waals surface area (Å²) in [5.74, 6) is 1.05. The van der Waals surface area contributed by atoms with Gasteiger partial charge in [-0.1, -0.05) is 44.4 Å². The summed E-state index contributed by atoms with van der Waals surface area (Å²) in [6.45, 7) is 2.16. The minimum absolute atomic E-state index is 0.523. The highest BCUT2D eigenvalue weighted by molar-refractivity contribution is 5.77. The topological polar surface area (TPSA) is 57.2 Å². The van der Waals surface area contributed by atoms with Crippen LogP contribution >= 0.6 is 0 Å². The van der Waals surface area contributed by atoms with Crippen LogP contribution in [0.15, 0.2) is 34.7 Å². The van der Waals surface area contributed by atoms with Gasteiger partial charge in [-0.25, -0.2) is 0 Å². The number of benzene rings is 1. The van der Waals surface area contributed by atoms with Crippen LogP contribution in [0, 0.1) is 22.7 Å². The van der Waals surface area contributed by atoms with Crippen molar-refractivity contribution in [3.05, 3.63) is 36.1 Å². The van der Waals surface area contributed by atoms with Gasteiger partial charge in [-0.15, -0.1) is 0 Å². The van der Waals surface area contributed by atoms with E-state index in [1.54, 1.807) is 0 Å². The van der Waals surface area contributed by atoms with Gasteiger partial charge in [0.1, 0.15) is 17.4 Å². The Bertz CT molecular complexity index is 636. The largest absolute Gasteiger partial charge is 0.458 e. The molecule has 0 saturated heterocycles. The van der Waals surface area contributed by atoms with Gasteiger partial charge in [-0.3, -0.25) is 0 Å². The third-order valence-electron chi connectivity index (χ3n) is 4.93. The lowest BCUT2D eigenvalue weighted by atomic mass is 9.66. The van der Waals surface area contributed by atoms with E-state index < -0.39 is 11.5 Å². The molecule has 3 unspecified atom stereocenters. The van der Waals surface area contributed by atoms with Crippen LogP contribution in [-0.4, -0.2) is 5.11 Å². The van der Waals surface area contributed by atoms with Crippen LogP contribution in [0.1, 0.15) is 50.9 Å². The molecule has 3 heteroatoms. The summed E-state index contributed by atoms with van der Waals surface area (Å²) in [6.07, 6.45) is 3.90. The highest BCUT2D eigenvalue weighted by Crippen LogP contribution is 2.49. The SMILES string of the molecule is CCC1CCCC(C#N)(C(O)c2cc3ccccc3o2)C1. The van der Waals surface area contributed by atoms with Crippen LogP contribution in [0.4, 0.5) is 0 Å². The molecule has 1 fully saturated rings. The number of aliphatic hydroxyl groups excluding tert-OH is 1. The van der Waals surface area contributed by atoms with Crippen LogP contribution < -0.4 is 0 Å². The third-order valence-corrected chi connectivity index (χ3v) is 4.93. The van der Waals surface area contributed by atoms with Gasteiger partial charge < -0.3 is 9.52 Å². The van der Waals surface area contributed by atoms with Gasteiger partial charge in [0.15, 0.2) is 0 Å². The molecular weight excluding hydrogens is 262 g/mol. The van der Waals surface area contributed by atoms with Crippen molar-refractivity contribution >= 4 is 11.0 Å². The van der Waals surface area contributed by atoms with Crippen LogP contribution in [0.25, 0.3) is 11.0 Å². The minimum Gasteiger partial charge on any atom is -0.458 e. The van der Waals surface area contributed by atoms with Crippen molar-refractivity contribution in [1.29, 1.82) is 5.26 Å². The third kappa shape index (κ3) is 2.45. The maximum atomic E-state index is 10.8. The normalized spacial score (nSPS) is 27.4. The Morgan fingerprint density at radius 2 is 2.29 bits per heavy atom. The van der Waals surface area contributed by atoms with E-state index in [0.717, 1.165) is 43.1 Å². The second-order valence-corrected chi connectivity index (χ2v) is 6.23. The minimum atomic E-state index is -0.843. The Balaban J connectivity index is 1.94. The molecule has 0 spiro atoms. The van der Waals surface area contributed by atoms with Gasteiger partial charge in [0.05, 0.1) is 11.5 Å². The maximum absolute atomic E-state index is 10.8. The molecule has 110 valence electrons. The molecule has 21 heavy (non-hydrogen) atoms. The highest BCUT2D eigenvalue weighted by atomic mass is 16.4. The first-order valence-electron chi connectivity index (χ1n) is 7.76. The van der Waals surface area contributed by atoms with Crippen LogP contribution in [-0.2, 0) is 0 Å². The average Bonchev–Trinajstić information content (AvgIpc) is 2.98. The zero-order valence-electron chi connectivity index (χ0n) is 12.4. The molecule has 1 aromatic carbocycles. The van der Waals surface area contributed by atoms with Crippen molar-refractivity contribution in [3.8, 4) is 6.07 Å². The molecular formula is C18H21NO2. The summed E-state index contributed by atoms with van der Waals surface area (Å²) in [5.41, 5.74) is 0.0646. The molecule has 1 N–H and O–H groups in total. The predicted molar refractivity (Wildman–Crippen MR) is 81.5 cm³/mol. The first-order valence-corrected chi connectivity index (χ1v) is 7.76. The summed E-state index contributed by atoms with van der Waals surface area (Å²) in [5, 5.41) is 21.5. The second kappa shape index (κ2) is 5.54. The molecule has 1 heterocycles. The van der Waals surface area contributed by atoms with Gasteiger partial charge >= 0.3 is 0 Å². The van der Waals surface area contributed by atoms with Gasteiger partial charge in [-0.05, 0) is 30.9 Å². The van der Waals surface area contributed by atoms with E-state index >= 15 is 0 Å². The molecule has 0 radical (unpaired) electrons. The Kier molecular flexibility index (Phi) is 3.73. The zero-order chi connectivity index (χ0) is 14.9. The van der Waals surface area contributed by atoms with E-state index in [2.05, 4.69) is 13.0 Å². The summed E-state index contributed by atoms with van der Waals surface area (Å²) in [6, 6.07) is 12.0. The quantitative estimate of drug-likeness (QED) is 0.897. The number of aliphatic hydroxyl groups is 1. The fraction of sp³-hybridized carbons (Fsp3) is 0.500. The van der Waals surface area contributed by atoms with Crippen molar-refractivity contribution < 1.29 is 9.52 Å². The summed E-state index contributed by atoms with van der Waals surface area (Å²) in [4.78, 5) is 0. The molecule has 0 aliphatic heterocycles. The van der Waals surface area contributed by atoms with E-state index in [4.69, 9.17) is 4.42 Å². The average molecular weight is 283 g/mol. The van der Waals surface area contributed by atoms with Crippen molar-refractivity contribution in [2.45, 2.75) is 45.1 Å². The molecule has 1 aromatic heterocycles. The Labute approximate surface area is 125 Å². The number of para-hydroxylation sites is 1. The predicted octanol–water partition coefficient (Wildman–Crippen LogP) is 4.58. The van der Waals surface area contributed by atoms with E-state index in [1.807, 2.05) is 30.3 Å². The summed E-state index contributed by atoms with van der Waals surface area (Å²) in [7, 11) is 0. The number of nitriles is 1. The van der Waals surface area contributed by atoms with Crippen molar-refractivity contribution in [1.82, 2.24) is 0 Å². The Morgan fingerprint density at radius 3 is 3.00 bits per heavy atom. The molecule has 1 saturated carbocycles. The standard InChI is InChI=1S/C18H21NO2/c1-2-13-6-5-9-18(11-13,12-19)17(20)16-10-14-7-3-4-8-15(14)21-16/h3-4,7-8,10,13,17,20H,2,5-6,9,11H2,1H3. The first kappa shape index (κ1) is 14.2.